The summed E-state index contributed by atoms with van der Waals surface area (Å²) >= 11 is 0. The first-order valence-corrected chi connectivity index (χ1v) is 8.96. The van der Waals surface area contributed by atoms with Gasteiger partial charge in [0, 0.05) is 31.6 Å². The first-order valence-electron chi connectivity index (χ1n) is 8.96. The number of rotatable bonds is 6. The number of benzene rings is 1. The first kappa shape index (κ1) is 19.7. The molecule has 2 fully saturated rings. The second-order valence-electron chi connectivity index (χ2n) is 6.87. The predicted molar refractivity (Wildman–Crippen MR) is 100 cm³/mol. The van der Waals surface area contributed by atoms with Crippen LogP contribution in [0.1, 0.15) is 31.2 Å². The van der Waals surface area contributed by atoms with Crippen molar-refractivity contribution in [1.82, 2.24) is 15.1 Å². The van der Waals surface area contributed by atoms with E-state index < -0.39 is 0 Å². The van der Waals surface area contributed by atoms with Crippen molar-refractivity contribution in [3.8, 4) is 0 Å². The van der Waals surface area contributed by atoms with Crippen LogP contribution in [0.3, 0.4) is 0 Å². The van der Waals surface area contributed by atoms with Crippen LogP contribution >= 0.6 is 12.4 Å². The Morgan fingerprint density at radius 3 is 2.32 bits per heavy atom. The molecule has 2 amide bonds. The number of carbonyl (C=O) groups excluding carboxylic acids is 2. The summed E-state index contributed by atoms with van der Waals surface area (Å²) in [5, 5.41) is 2.90. The number of likely N-dealkylation sites (tertiary alicyclic amines) is 1. The van der Waals surface area contributed by atoms with Gasteiger partial charge in [0.1, 0.15) is 0 Å². The highest BCUT2D eigenvalue weighted by Gasteiger charge is 2.37. The summed E-state index contributed by atoms with van der Waals surface area (Å²) in [6.07, 6.45) is 3.81. The van der Waals surface area contributed by atoms with Gasteiger partial charge in [0.2, 0.25) is 11.8 Å². The van der Waals surface area contributed by atoms with Gasteiger partial charge in [-0.3, -0.25) is 9.59 Å². The van der Waals surface area contributed by atoms with Crippen molar-refractivity contribution < 1.29 is 9.59 Å². The molecule has 1 aromatic carbocycles. The second kappa shape index (κ2) is 9.20. The fourth-order valence-corrected chi connectivity index (χ4v) is 3.43. The summed E-state index contributed by atoms with van der Waals surface area (Å²) in [5.74, 6) is 0.474. The van der Waals surface area contributed by atoms with Crippen LogP contribution in [-0.2, 0) is 16.1 Å². The lowest BCUT2D eigenvalue weighted by Gasteiger charge is -2.34. The molecule has 1 heterocycles. The highest BCUT2D eigenvalue weighted by atomic mass is 35.5. The van der Waals surface area contributed by atoms with Crippen LogP contribution in [0.25, 0.3) is 0 Å². The summed E-state index contributed by atoms with van der Waals surface area (Å²) in [6.45, 7) is 2.48. The average Bonchev–Trinajstić information content (AvgIpc) is 3.45. The van der Waals surface area contributed by atoms with Crippen molar-refractivity contribution in [2.45, 2.75) is 38.3 Å². The Morgan fingerprint density at radius 1 is 1.12 bits per heavy atom. The number of halogens is 1. The molecule has 0 atom stereocenters. The van der Waals surface area contributed by atoms with Gasteiger partial charge >= 0.3 is 0 Å². The number of piperidine rings is 1. The number of nitrogens with zero attached hydrogens (tertiary/aromatic N) is 2. The zero-order chi connectivity index (χ0) is 16.9. The quantitative estimate of drug-likeness (QED) is 0.839. The van der Waals surface area contributed by atoms with Gasteiger partial charge in [-0.15, -0.1) is 12.4 Å². The topological polar surface area (TPSA) is 52.7 Å². The third-order valence-electron chi connectivity index (χ3n) is 4.99. The third-order valence-corrected chi connectivity index (χ3v) is 4.99. The van der Waals surface area contributed by atoms with Crippen LogP contribution in [0.5, 0.6) is 0 Å². The summed E-state index contributed by atoms with van der Waals surface area (Å²) in [5.41, 5.74) is 1.19. The molecule has 0 unspecified atom stereocenters. The highest BCUT2D eigenvalue weighted by Crippen LogP contribution is 2.31. The van der Waals surface area contributed by atoms with Gasteiger partial charge in [0.05, 0.1) is 6.54 Å². The van der Waals surface area contributed by atoms with E-state index >= 15 is 0 Å². The van der Waals surface area contributed by atoms with Gasteiger partial charge in [-0.05, 0) is 38.3 Å². The number of nitrogens with one attached hydrogen (secondary N) is 1. The van der Waals surface area contributed by atoms with Crippen LogP contribution in [-0.4, -0.2) is 54.3 Å². The predicted octanol–water partition coefficient (Wildman–Crippen LogP) is 2.06. The summed E-state index contributed by atoms with van der Waals surface area (Å²) < 4.78 is 0. The Hall–Kier alpha value is -1.59. The minimum absolute atomic E-state index is 0. The first-order chi connectivity index (χ1) is 11.7. The maximum Gasteiger partial charge on any atom is 0.236 e. The molecule has 0 spiro atoms. The molecule has 0 bridgehead atoms. The normalized spacial score (nSPS) is 17.7. The van der Waals surface area contributed by atoms with Crippen LogP contribution < -0.4 is 5.32 Å². The van der Waals surface area contributed by atoms with E-state index in [9.17, 15) is 9.59 Å². The number of amides is 2. The molecule has 0 aromatic heterocycles. The standard InChI is InChI=1S/C19H27N3O2.ClH/c1-20-13-18(23)21-11-9-16(10-12-21)19(24)22(17-7-8-17)14-15-5-3-2-4-6-15;/h2-6,16-17,20H,7-14H2,1H3;1H. The van der Waals surface area contributed by atoms with E-state index in [-0.39, 0.29) is 30.1 Å². The van der Waals surface area contributed by atoms with Crippen LogP contribution in [0.15, 0.2) is 30.3 Å². The van der Waals surface area contributed by atoms with E-state index in [4.69, 9.17) is 0 Å². The van der Waals surface area contributed by atoms with Crippen LogP contribution in [0.4, 0.5) is 0 Å². The largest absolute Gasteiger partial charge is 0.342 e. The summed E-state index contributed by atoms with van der Waals surface area (Å²) in [6, 6.07) is 10.6. The van der Waals surface area contributed by atoms with E-state index in [0.717, 1.165) is 25.7 Å². The molecule has 0 radical (unpaired) electrons. The van der Waals surface area contributed by atoms with Gasteiger partial charge in [-0.25, -0.2) is 0 Å². The molecule has 1 aliphatic carbocycles. The van der Waals surface area contributed by atoms with Crippen LogP contribution in [0.2, 0.25) is 0 Å². The molecule has 1 aliphatic heterocycles. The third kappa shape index (κ3) is 5.19. The van der Waals surface area contributed by atoms with Gasteiger partial charge in [-0.2, -0.15) is 0 Å². The maximum atomic E-state index is 13.0. The number of likely N-dealkylation sites (N-methyl/N-ethyl adjacent to an activating group) is 1. The zero-order valence-electron chi connectivity index (χ0n) is 14.8. The SMILES string of the molecule is CNCC(=O)N1CCC(C(=O)N(Cc2ccccc2)C2CC2)CC1.Cl. The zero-order valence-corrected chi connectivity index (χ0v) is 15.6. The minimum Gasteiger partial charge on any atom is -0.342 e. The van der Waals surface area contributed by atoms with Crippen molar-refractivity contribution in [3.05, 3.63) is 35.9 Å². The van der Waals surface area contributed by atoms with Crippen molar-refractivity contribution >= 4 is 24.2 Å². The molecule has 2 aliphatic rings. The van der Waals surface area contributed by atoms with Gasteiger partial charge in [-0.1, -0.05) is 30.3 Å². The smallest absolute Gasteiger partial charge is 0.236 e. The second-order valence-corrected chi connectivity index (χ2v) is 6.87. The van der Waals surface area contributed by atoms with E-state index in [1.165, 1.54) is 5.56 Å². The lowest BCUT2D eigenvalue weighted by atomic mass is 9.94. The lowest BCUT2D eigenvalue weighted by molar-refractivity contribution is -0.141. The maximum absolute atomic E-state index is 13.0. The molecule has 1 aromatic rings. The number of hydrogen-bond acceptors (Lipinski definition) is 3. The Balaban J connectivity index is 0.00000225. The molecule has 5 nitrogen and oxygen atoms in total. The number of hydrogen-bond donors (Lipinski definition) is 1. The van der Waals surface area contributed by atoms with Gasteiger partial charge in [0.15, 0.2) is 0 Å². The van der Waals surface area contributed by atoms with Gasteiger partial charge < -0.3 is 15.1 Å². The molecular weight excluding hydrogens is 338 g/mol. The van der Waals surface area contributed by atoms with Crippen molar-refractivity contribution in [1.29, 1.82) is 0 Å². The van der Waals surface area contributed by atoms with Gasteiger partial charge in [0.25, 0.3) is 0 Å². The van der Waals surface area contributed by atoms with E-state index in [2.05, 4.69) is 22.3 Å². The van der Waals surface area contributed by atoms with E-state index in [1.807, 2.05) is 23.1 Å². The summed E-state index contributed by atoms with van der Waals surface area (Å²) in [4.78, 5) is 28.9. The molecule has 3 rings (SSSR count). The molecule has 1 saturated heterocycles. The molecule has 25 heavy (non-hydrogen) atoms. The molecule has 1 saturated carbocycles. The molecule has 138 valence electrons. The van der Waals surface area contributed by atoms with Crippen molar-refractivity contribution in [2.24, 2.45) is 5.92 Å². The average molecular weight is 366 g/mol. The highest BCUT2D eigenvalue weighted by molar-refractivity contribution is 5.85. The minimum atomic E-state index is 0. The monoisotopic (exact) mass is 365 g/mol. The van der Waals surface area contributed by atoms with Crippen LogP contribution in [0, 0.1) is 5.92 Å². The fourth-order valence-electron chi connectivity index (χ4n) is 3.43. The van der Waals surface area contributed by atoms with E-state index in [1.54, 1.807) is 7.05 Å². The number of carbonyl (C=O) groups is 2. The Bertz CT molecular complexity index is 569. The fraction of sp³-hybridized carbons (Fsp3) is 0.579. The van der Waals surface area contributed by atoms with Crippen molar-refractivity contribution in [3.63, 3.8) is 0 Å². The Morgan fingerprint density at radius 2 is 1.76 bits per heavy atom. The molecule has 1 N–H and O–H groups in total. The summed E-state index contributed by atoms with van der Waals surface area (Å²) in [7, 11) is 1.78. The molecular formula is C19H28ClN3O2. The van der Waals surface area contributed by atoms with E-state index in [0.29, 0.717) is 32.2 Å². The Kier molecular flexibility index (Phi) is 7.26. The lowest BCUT2D eigenvalue weighted by Crippen LogP contribution is -2.46. The molecule has 6 heteroatoms. The Labute approximate surface area is 156 Å². The van der Waals surface area contributed by atoms with Crippen molar-refractivity contribution in [2.75, 3.05) is 26.7 Å².